The number of carbonyl (C=O) groups excluding carboxylic acids is 3. The minimum atomic E-state index is -1.49. The summed E-state index contributed by atoms with van der Waals surface area (Å²) >= 11 is 6.04. The molecule has 36 heavy (non-hydrogen) atoms. The van der Waals surface area contributed by atoms with E-state index in [2.05, 4.69) is 10.6 Å². The zero-order chi connectivity index (χ0) is 25.4. The van der Waals surface area contributed by atoms with Crippen LogP contribution in [0.4, 0.5) is 11.4 Å². The summed E-state index contributed by atoms with van der Waals surface area (Å²) in [6.45, 7) is 3.83. The number of halogens is 1. The Morgan fingerprint density at radius 3 is 2.28 bits per heavy atom. The highest BCUT2D eigenvalue weighted by Crippen LogP contribution is 2.55. The molecule has 8 heteroatoms. The molecule has 3 aromatic rings. The Balaban J connectivity index is 1.52. The Morgan fingerprint density at radius 2 is 1.58 bits per heavy atom. The molecule has 2 saturated heterocycles. The number of hydrogen-bond donors (Lipinski definition) is 3. The average molecular weight is 502 g/mol. The van der Waals surface area contributed by atoms with Gasteiger partial charge >= 0.3 is 0 Å². The van der Waals surface area contributed by atoms with Crippen molar-refractivity contribution in [1.82, 2.24) is 5.32 Å². The van der Waals surface area contributed by atoms with Crippen LogP contribution in [0.5, 0.6) is 0 Å². The smallest absolute Gasteiger partial charge is 0.250 e. The number of imide groups is 1. The molecule has 0 saturated carbocycles. The molecule has 0 aromatic heterocycles. The van der Waals surface area contributed by atoms with Crippen LogP contribution in [0.3, 0.4) is 0 Å². The van der Waals surface area contributed by atoms with Gasteiger partial charge in [0.25, 0.3) is 0 Å². The highest BCUT2D eigenvalue weighted by atomic mass is 35.5. The second kappa shape index (κ2) is 8.00. The first-order valence-electron chi connectivity index (χ1n) is 11.8. The van der Waals surface area contributed by atoms with Gasteiger partial charge in [-0.3, -0.25) is 19.7 Å². The van der Waals surface area contributed by atoms with E-state index in [1.54, 1.807) is 42.5 Å². The zero-order valence-corrected chi connectivity index (χ0v) is 20.4. The minimum absolute atomic E-state index is 0.407. The van der Waals surface area contributed by atoms with Crippen molar-refractivity contribution in [1.29, 1.82) is 0 Å². The van der Waals surface area contributed by atoms with Crippen molar-refractivity contribution in [3.8, 4) is 0 Å². The van der Waals surface area contributed by atoms with Gasteiger partial charge in [0.2, 0.25) is 17.7 Å². The van der Waals surface area contributed by atoms with Gasteiger partial charge in [0, 0.05) is 16.3 Å². The topological polar surface area (TPSA) is 98.7 Å². The summed E-state index contributed by atoms with van der Waals surface area (Å²) in [4.78, 5) is 42.7. The maximum atomic E-state index is 14.0. The predicted octanol–water partition coefficient (Wildman–Crippen LogP) is 3.62. The number of amides is 3. The molecule has 3 N–H and O–H groups in total. The van der Waals surface area contributed by atoms with Gasteiger partial charge in [0.1, 0.15) is 5.54 Å². The van der Waals surface area contributed by atoms with Crippen LogP contribution in [-0.2, 0) is 19.9 Å². The van der Waals surface area contributed by atoms with Crippen LogP contribution >= 0.6 is 11.6 Å². The number of rotatable bonds is 3. The molecule has 7 nitrogen and oxygen atoms in total. The monoisotopic (exact) mass is 501 g/mol. The fourth-order valence-corrected chi connectivity index (χ4v) is 6.06. The number of anilines is 2. The van der Waals surface area contributed by atoms with E-state index in [1.807, 2.05) is 38.1 Å². The molecule has 0 radical (unpaired) electrons. The lowest BCUT2D eigenvalue weighted by molar-refractivity contribution is -0.130. The lowest BCUT2D eigenvalue weighted by atomic mass is 9.75. The van der Waals surface area contributed by atoms with Crippen LogP contribution in [-0.4, -0.2) is 28.9 Å². The summed E-state index contributed by atoms with van der Waals surface area (Å²) < 4.78 is 0. The van der Waals surface area contributed by atoms with Crippen molar-refractivity contribution in [3.63, 3.8) is 0 Å². The third-order valence-electron chi connectivity index (χ3n) is 7.65. The zero-order valence-electron chi connectivity index (χ0n) is 19.7. The minimum Gasteiger partial charge on any atom is -0.387 e. The predicted molar refractivity (Wildman–Crippen MR) is 135 cm³/mol. The van der Waals surface area contributed by atoms with Gasteiger partial charge in [0.05, 0.1) is 29.7 Å². The number of aliphatic hydroxyl groups is 1. The van der Waals surface area contributed by atoms with Crippen LogP contribution in [0.1, 0.15) is 28.4 Å². The molecule has 3 aliphatic rings. The molecule has 2 unspecified atom stereocenters. The second-order valence-electron chi connectivity index (χ2n) is 9.83. The summed E-state index contributed by atoms with van der Waals surface area (Å²) in [5.41, 5.74) is 2.60. The summed E-state index contributed by atoms with van der Waals surface area (Å²) in [5.74, 6) is -3.29. The van der Waals surface area contributed by atoms with Gasteiger partial charge in [-0.25, -0.2) is 4.90 Å². The van der Waals surface area contributed by atoms with E-state index in [-0.39, 0.29) is 0 Å². The maximum Gasteiger partial charge on any atom is 0.250 e. The molecule has 3 aliphatic heterocycles. The average Bonchev–Trinajstić information content (AvgIpc) is 3.45. The highest BCUT2D eigenvalue weighted by molar-refractivity contribution is 6.30. The number of nitrogens with zero attached hydrogens (tertiary/aromatic N) is 1. The van der Waals surface area contributed by atoms with Crippen LogP contribution in [0.25, 0.3) is 0 Å². The Hall–Kier alpha value is -3.52. The van der Waals surface area contributed by atoms with Gasteiger partial charge < -0.3 is 10.4 Å². The molecular weight excluding hydrogens is 478 g/mol. The third-order valence-corrected chi connectivity index (χ3v) is 7.90. The first-order valence-corrected chi connectivity index (χ1v) is 12.2. The maximum absolute atomic E-state index is 14.0. The fraction of sp³-hybridized carbons (Fsp3) is 0.250. The van der Waals surface area contributed by atoms with Gasteiger partial charge in [-0.2, -0.15) is 0 Å². The Kier molecular flexibility index (Phi) is 5.09. The van der Waals surface area contributed by atoms with E-state index < -0.39 is 47.2 Å². The van der Waals surface area contributed by atoms with Crippen molar-refractivity contribution in [2.24, 2.45) is 11.8 Å². The molecule has 3 amide bonds. The summed E-state index contributed by atoms with van der Waals surface area (Å²) in [7, 11) is 0. The summed E-state index contributed by atoms with van der Waals surface area (Å²) in [6.07, 6.45) is -1.16. The molecule has 182 valence electrons. The van der Waals surface area contributed by atoms with Crippen LogP contribution in [0, 0.1) is 25.7 Å². The van der Waals surface area contributed by atoms with Crippen molar-refractivity contribution >= 4 is 40.7 Å². The van der Waals surface area contributed by atoms with Crippen molar-refractivity contribution in [2.45, 2.75) is 31.5 Å². The number of fused-ring (bicyclic) bond motifs is 4. The molecule has 1 spiro atoms. The van der Waals surface area contributed by atoms with Crippen LogP contribution in [0.2, 0.25) is 5.02 Å². The van der Waals surface area contributed by atoms with Gasteiger partial charge in [-0.15, -0.1) is 0 Å². The lowest BCUT2D eigenvalue weighted by Gasteiger charge is -2.31. The first kappa shape index (κ1) is 22.9. The first-order chi connectivity index (χ1) is 17.2. The third kappa shape index (κ3) is 3.10. The number of carbonyl (C=O) groups is 3. The van der Waals surface area contributed by atoms with Crippen LogP contribution < -0.4 is 15.5 Å². The Bertz CT molecular complexity index is 1420. The van der Waals surface area contributed by atoms with Crippen molar-refractivity contribution in [2.75, 3.05) is 10.2 Å². The van der Waals surface area contributed by atoms with E-state index in [9.17, 15) is 19.5 Å². The lowest BCUT2D eigenvalue weighted by Crippen LogP contribution is -2.54. The standard InChI is InChI=1S/C28H24ClN3O4/c1-14-3-10-18(11-4-14)32-25(34)21-22(26(32)35)28(19-13-15(2)5-12-20(19)30-27(28)36)31-23(21)24(33)16-6-8-17(29)9-7-16/h3-13,21-24,31,33H,1-2H3,(H,30,36)/t21-,22-,23?,24+,28?/m1/s1. The molecule has 5 atom stereocenters. The van der Waals surface area contributed by atoms with E-state index in [0.717, 1.165) is 11.1 Å². The van der Waals surface area contributed by atoms with Gasteiger partial charge in [-0.1, -0.05) is 59.1 Å². The van der Waals surface area contributed by atoms with Crippen molar-refractivity contribution < 1.29 is 19.5 Å². The van der Waals surface area contributed by atoms with E-state index >= 15 is 0 Å². The molecule has 3 aromatic carbocycles. The molecule has 0 bridgehead atoms. The number of aliphatic hydroxyl groups excluding tert-OH is 1. The Morgan fingerprint density at radius 1 is 0.917 bits per heavy atom. The van der Waals surface area contributed by atoms with Crippen LogP contribution in [0.15, 0.2) is 66.7 Å². The fourth-order valence-electron chi connectivity index (χ4n) is 5.93. The highest BCUT2D eigenvalue weighted by Gasteiger charge is 2.71. The van der Waals surface area contributed by atoms with Gasteiger partial charge in [0.15, 0.2) is 0 Å². The largest absolute Gasteiger partial charge is 0.387 e. The molecule has 6 rings (SSSR count). The summed E-state index contributed by atoms with van der Waals surface area (Å²) in [5, 5.41) is 18.2. The normalized spacial score (nSPS) is 27.4. The molecule has 0 aliphatic carbocycles. The number of hydrogen-bond acceptors (Lipinski definition) is 5. The number of nitrogens with one attached hydrogen (secondary N) is 2. The molecule has 2 fully saturated rings. The van der Waals surface area contributed by atoms with Gasteiger partial charge in [-0.05, 0) is 49.7 Å². The summed E-state index contributed by atoms with van der Waals surface area (Å²) in [6, 6.07) is 18.4. The SMILES string of the molecule is Cc1ccc(N2C(=O)[C@H]3C([C@@H](O)c4ccc(Cl)cc4)NC4(C(=O)Nc5ccc(C)cc54)[C@H]3C2=O)cc1. The second-order valence-corrected chi connectivity index (χ2v) is 10.3. The quantitative estimate of drug-likeness (QED) is 0.476. The number of benzene rings is 3. The van der Waals surface area contributed by atoms with E-state index in [0.29, 0.717) is 27.5 Å². The number of aryl methyl sites for hydroxylation is 2. The Labute approximate surface area is 213 Å². The van der Waals surface area contributed by atoms with E-state index in [1.165, 1.54) is 4.90 Å². The van der Waals surface area contributed by atoms with E-state index in [4.69, 9.17) is 11.6 Å². The molecular formula is C28H24ClN3O4. The molecule has 3 heterocycles. The van der Waals surface area contributed by atoms with Crippen molar-refractivity contribution in [3.05, 3.63) is 94.0 Å².